The third-order valence-electron chi connectivity index (χ3n) is 4.60. The summed E-state index contributed by atoms with van der Waals surface area (Å²) in [5.74, 6) is 0.753. The zero-order valence-corrected chi connectivity index (χ0v) is 17.3. The minimum atomic E-state index is -0.0560. The number of ether oxygens (including phenoxy) is 1. The molecule has 0 heterocycles. The van der Waals surface area contributed by atoms with E-state index in [0.29, 0.717) is 12.2 Å². The van der Waals surface area contributed by atoms with Gasteiger partial charge in [-0.3, -0.25) is 9.69 Å². The highest BCUT2D eigenvalue weighted by Gasteiger charge is 2.20. The van der Waals surface area contributed by atoms with Gasteiger partial charge in [0.05, 0.1) is 6.61 Å². The third-order valence-corrected chi connectivity index (χ3v) is 4.60. The quantitative estimate of drug-likeness (QED) is 0.491. The fourth-order valence-electron chi connectivity index (χ4n) is 3.13. The van der Waals surface area contributed by atoms with Crippen LogP contribution in [0, 0.1) is 6.92 Å². The van der Waals surface area contributed by atoms with Gasteiger partial charge in [0.1, 0.15) is 5.75 Å². The first-order valence-electron chi connectivity index (χ1n) is 9.88. The molecule has 1 amide bonds. The van der Waals surface area contributed by atoms with Gasteiger partial charge >= 0.3 is 0 Å². The molecule has 0 saturated carbocycles. The summed E-state index contributed by atoms with van der Waals surface area (Å²) in [6.45, 7) is 3.65. The van der Waals surface area contributed by atoms with Gasteiger partial charge in [0.2, 0.25) is 0 Å². The average molecular weight is 389 g/mol. The number of carbonyl (C=O) groups excluding carboxylic acids is 1. The summed E-state index contributed by atoms with van der Waals surface area (Å²) in [4.78, 5) is 17.2. The van der Waals surface area contributed by atoms with Crippen molar-refractivity contribution in [2.45, 2.75) is 13.3 Å². The molecular weight excluding hydrogens is 360 g/mol. The molecular formula is C25H28N2O2. The number of nitrogens with zero attached hydrogens (tertiary/aromatic N) is 2. The van der Waals surface area contributed by atoms with Crippen LogP contribution in [0.15, 0.2) is 78.9 Å². The van der Waals surface area contributed by atoms with Crippen molar-refractivity contribution in [3.63, 3.8) is 0 Å². The Morgan fingerprint density at radius 1 is 0.862 bits per heavy atom. The van der Waals surface area contributed by atoms with E-state index in [2.05, 4.69) is 19.0 Å². The molecule has 0 spiro atoms. The number of hydrogen-bond donors (Lipinski definition) is 0. The Bertz CT molecular complexity index is 921. The molecule has 4 heteroatoms. The van der Waals surface area contributed by atoms with Crippen molar-refractivity contribution in [2.24, 2.45) is 0 Å². The van der Waals surface area contributed by atoms with Gasteiger partial charge in [-0.2, -0.15) is 0 Å². The van der Waals surface area contributed by atoms with E-state index >= 15 is 0 Å². The van der Waals surface area contributed by atoms with Crippen LogP contribution in [-0.2, 0) is 0 Å². The van der Waals surface area contributed by atoms with E-state index in [-0.39, 0.29) is 5.91 Å². The summed E-state index contributed by atoms with van der Waals surface area (Å²) in [6.07, 6.45) is 0.969. The second kappa shape index (κ2) is 9.89. The summed E-state index contributed by atoms with van der Waals surface area (Å²) >= 11 is 0. The number of carbonyl (C=O) groups is 1. The van der Waals surface area contributed by atoms with Gasteiger partial charge in [-0.25, -0.2) is 0 Å². The minimum absolute atomic E-state index is 0.0560. The molecule has 4 nitrogen and oxygen atoms in total. The molecule has 0 fully saturated rings. The van der Waals surface area contributed by atoms with Crippen LogP contribution >= 0.6 is 0 Å². The number of anilines is 2. The molecule has 3 aromatic rings. The van der Waals surface area contributed by atoms with Gasteiger partial charge in [0, 0.05) is 23.5 Å². The second-order valence-electron chi connectivity index (χ2n) is 7.34. The lowest BCUT2D eigenvalue weighted by Crippen LogP contribution is -2.26. The van der Waals surface area contributed by atoms with Gasteiger partial charge in [0.25, 0.3) is 5.91 Å². The second-order valence-corrected chi connectivity index (χ2v) is 7.34. The first-order chi connectivity index (χ1) is 14.0. The Morgan fingerprint density at radius 3 is 2.21 bits per heavy atom. The first-order valence-corrected chi connectivity index (χ1v) is 9.88. The van der Waals surface area contributed by atoms with Crippen molar-refractivity contribution in [1.29, 1.82) is 0 Å². The van der Waals surface area contributed by atoms with Crippen molar-refractivity contribution in [1.82, 2.24) is 4.90 Å². The van der Waals surface area contributed by atoms with Crippen LogP contribution in [0.5, 0.6) is 5.75 Å². The summed E-state index contributed by atoms with van der Waals surface area (Å²) in [5.41, 5.74) is 3.37. The number of hydrogen-bond acceptors (Lipinski definition) is 3. The van der Waals surface area contributed by atoms with Gasteiger partial charge in [-0.15, -0.1) is 0 Å². The summed E-state index contributed by atoms with van der Waals surface area (Å²) in [6, 6.07) is 25.1. The Morgan fingerprint density at radius 2 is 1.55 bits per heavy atom. The molecule has 0 atom stereocenters. The van der Waals surface area contributed by atoms with Crippen molar-refractivity contribution in [3.8, 4) is 5.75 Å². The van der Waals surface area contributed by atoms with Gasteiger partial charge < -0.3 is 9.64 Å². The van der Waals surface area contributed by atoms with Crippen molar-refractivity contribution >= 4 is 17.3 Å². The molecule has 0 unspecified atom stereocenters. The van der Waals surface area contributed by atoms with Crippen LogP contribution in [0.4, 0.5) is 11.4 Å². The van der Waals surface area contributed by atoms with E-state index in [1.165, 1.54) is 0 Å². The van der Waals surface area contributed by atoms with Crippen LogP contribution in [0.3, 0.4) is 0 Å². The van der Waals surface area contributed by atoms with E-state index in [0.717, 1.165) is 35.7 Å². The topological polar surface area (TPSA) is 32.8 Å². The maximum atomic E-state index is 13.3. The molecule has 0 aromatic heterocycles. The lowest BCUT2D eigenvalue weighted by molar-refractivity contribution is 0.0999. The van der Waals surface area contributed by atoms with Crippen LogP contribution in [0.2, 0.25) is 0 Å². The molecule has 0 saturated heterocycles. The molecule has 0 N–H and O–H groups in total. The van der Waals surface area contributed by atoms with Crippen molar-refractivity contribution in [3.05, 3.63) is 90.0 Å². The molecule has 0 aliphatic carbocycles. The number of rotatable bonds is 8. The molecule has 0 radical (unpaired) electrons. The highest BCUT2D eigenvalue weighted by Crippen LogP contribution is 2.29. The molecule has 3 aromatic carbocycles. The Kier molecular flexibility index (Phi) is 7.04. The molecule has 3 rings (SSSR count). The minimum Gasteiger partial charge on any atom is -0.494 e. The van der Waals surface area contributed by atoms with Gasteiger partial charge in [-0.1, -0.05) is 35.9 Å². The highest BCUT2D eigenvalue weighted by molar-refractivity contribution is 6.11. The van der Waals surface area contributed by atoms with Crippen LogP contribution < -0.4 is 9.64 Å². The van der Waals surface area contributed by atoms with E-state index in [1.54, 1.807) is 4.90 Å². The molecule has 0 aliphatic rings. The third kappa shape index (κ3) is 5.69. The van der Waals surface area contributed by atoms with Crippen LogP contribution in [0.1, 0.15) is 22.3 Å². The smallest absolute Gasteiger partial charge is 0.262 e. The summed E-state index contributed by atoms with van der Waals surface area (Å²) in [7, 11) is 4.11. The van der Waals surface area contributed by atoms with Crippen LogP contribution in [-0.4, -0.2) is 38.1 Å². The number of amides is 1. The Hall–Kier alpha value is -3.11. The van der Waals surface area contributed by atoms with Gasteiger partial charge in [0.15, 0.2) is 0 Å². The molecule has 150 valence electrons. The van der Waals surface area contributed by atoms with E-state index in [1.807, 2.05) is 85.8 Å². The lowest BCUT2D eigenvalue weighted by atomic mass is 10.1. The largest absolute Gasteiger partial charge is 0.494 e. The molecule has 0 bridgehead atoms. The average Bonchev–Trinajstić information content (AvgIpc) is 2.73. The summed E-state index contributed by atoms with van der Waals surface area (Å²) in [5, 5.41) is 0. The first kappa shape index (κ1) is 20.6. The monoisotopic (exact) mass is 388 g/mol. The highest BCUT2D eigenvalue weighted by atomic mass is 16.5. The normalized spacial score (nSPS) is 10.8. The Labute approximate surface area is 173 Å². The van der Waals surface area contributed by atoms with Gasteiger partial charge in [-0.05, 0) is 76.0 Å². The maximum Gasteiger partial charge on any atom is 0.262 e. The van der Waals surface area contributed by atoms with E-state index in [9.17, 15) is 4.79 Å². The lowest BCUT2D eigenvalue weighted by Gasteiger charge is -2.23. The Balaban J connectivity index is 1.82. The van der Waals surface area contributed by atoms with Crippen LogP contribution in [0.25, 0.3) is 0 Å². The van der Waals surface area contributed by atoms with E-state index in [4.69, 9.17) is 4.74 Å². The maximum absolute atomic E-state index is 13.3. The predicted molar refractivity (Wildman–Crippen MR) is 119 cm³/mol. The zero-order chi connectivity index (χ0) is 20.6. The number of benzene rings is 3. The molecule has 0 aliphatic heterocycles. The predicted octanol–water partition coefficient (Wildman–Crippen LogP) is 5.30. The van der Waals surface area contributed by atoms with Crippen molar-refractivity contribution < 1.29 is 9.53 Å². The zero-order valence-electron chi connectivity index (χ0n) is 17.3. The number of aryl methyl sites for hydroxylation is 1. The summed E-state index contributed by atoms with van der Waals surface area (Å²) < 4.78 is 5.83. The number of para-hydroxylation sites is 1. The SMILES string of the molecule is Cc1cccc(C(=O)N(c2ccccc2)c2ccc(OCCCN(C)C)cc2)c1. The fourth-order valence-corrected chi connectivity index (χ4v) is 3.13. The fraction of sp³-hybridized carbons (Fsp3) is 0.240. The standard InChI is InChI=1S/C25H28N2O2/c1-20-9-7-10-21(19-20)25(28)27(22-11-5-4-6-12-22)23-13-15-24(16-14-23)29-18-8-17-26(2)3/h4-7,9-16,19H,8,17-18H2,1-3H3. The van der Waals surface area contributed by atoms with Crippen molar-refractivity contribution in [2.75, 3.05) is 32.1 Å². The molecule has 29 heavy (non-hydrogen) atoms. The van der Waals surface area contributed by atoms with E-state index < -0.39 is 0 Å².